The van der Waals surface area contributed by atoms with Crippen LogP contribution < -0.4 is 15.5 Å². The van der Waals surface area contributed by atoms with Crippen LogP contribution in [-0.2, 0) is 16.0 Å². The molecule has 0 spiro atoms. The molecule has 3 rings (SSSR count). The lowest BCUT2D eigenvalue weighted by Gasteiger charge is -2.40. The first-order valence-corrected chi connectivity index (χ1v) is 12.2. The highest BCUT2D eigenvalue weighted by Crippen LogP contribution is 2.31. The Kier molecular flexibility index (Phi) is 9.81. The zero-order valence-electron chi connectivity index (χ0n) is 20.6. The smallest absolute Gasteiger partial charge is 0.419 e. The van der Waals surface area contributed by atoms with Gasteiger partial charge in [0.25, 0.3) is 5.91 Å². The summed E-state index contributed by atoms with van der Waals surface area (Å²) >= 11 is 0. The van der Waals surface area contributed by atoms with Crippen LogP contribution in [0.1, 0.15) is 25.3 Å². The summed E-state index contributed by atoms with van der Waals surface area (Å²) in [5.41, 5.74) is 1.62. The predicted octanol–water partition coefficient (Wildman–Crippen LogP) is 1.97. The number of hydrogen-bond donors (Lipinski definition) is 4. The van der Waals surface area contributed by atoms with E-state index < -0.39 is 35.6 Å². The van der Waals surface area contributed by atoms with E-state index in [-0.39, 0.29) is 45.0 Å². The van der Waals surface area contributed by atoms with Gasteiger partial charge in [-0.2, -0.15) is 13.2 Å². The van der Waals surface area contributed by atoms with Crippen molar-refractivity contribution < 1.29 is 37.8 Å². The minimum atomic E-state index is -4.51. The molecule has 2 aliphatic rings. The third-order valence-corrected chi connectivity index (χ3v) is 6.43. The van der Waals surface area contributed by atoms with E-state index in [1.165, 1.54) is 16.5 Å². The first-order chi connectivity index (χ1) is 17.7. The molecule has 37 heavy (non-hydrogen) atoms. The molecule has 2 atom stereocenters. The lowest BCUT2D eigenvalue weighted by molar-refractivity contribution is -0.151. The number of hydrogen-bond acceptors (Lipinski definition) is 7. The van der Waals surface area contributed by atoms with Crippen molar-refractivity contribution in [3.8, 4) is 5.75 Å². The predicted molar refractivity (Wildman–Crippen MR) is 128 cm³/mol. The fourth-order valence-corrected chi connectivity index (χ4v) is 4.51. The molecule has 1 unspecified atom stereocenters. The molecule has 0 radical (unpaired) electrons. The van der Waals surface area contributed by atoms with Crippen molar-refractivity contribution in [2.75, 3.05) is 39.3 Å². The number of nitrogens with zero attached hydrogens (tertiary/aromatic N) is 2. The van der Waals surface area contributed by atoms with Crippen molar-refractivity contribution in [1.29, 1.82) is 0 Å². The third kappa shape index (κ3) is 7.39. The zero-order chi connectivity index (χ0) is 27.0. The van der Waals surface area contributed by atoms with E-state index in [0.29, 0.717) is 19.4 Å². The second-order valence-corrected chi connectivity index (χ2v) is 8.85. The summed E-state index contributed by atoms with van der Waals surface area (Å²) in [5, 5.41) is 22.2. The maximum absolute atomic E-state index is 13.4. The van der Waals surface area contributed by atoms with Crippen molar-refractivity contribution in [2.24, 2.45) is 5.92 Å². The highest BCUT2D eigenvalue weighted by atomic mass is 19.4. The molecule has 4 N–H and O–H groups in total. The summed E-state index contributed by atoms with van der Waals surface area (Å²) in [5.74, 6) is -1.96. The standard InChI is InChI=1S/C25H33F3N4O5/c1-2-37-18-10-8-17(9-11-18)5-3-6-19(21(33)23(34)30-36)24(35)32-15-13-31(14-16-32)22-20(25(26,27)28)7-4-12-29-22/h4,7-11,19,21,29,33,36H,2-3,5-6,12-16H2,1H3,(H,30,34)/t19?,21-/m0/s1. The van der Waals surface area contributed by atoms with E-state index in [9.17, 15) is 27.9 Å². The summed E-state index contributed by atoms with van der Waals surface area (Å²) in [4.78, 5) is 28.2. The molecule has 2 heterocycles. The normalized spacial score (nSPS) is 17.8. The number of piperazine rings is 1. The Bertz CT molecular complexity index is 989. The molecule has 204 valence electrons. The summed E-state index contributed by atoms with van der Waals surface area (Å²) in [7, 11) is 0. The Morgan fingerprint density at radius 1 is 1.16 bits per heavy atom. The molecule has 12 heteroatoms. The number of allylic oxidation sites excluding steroid dienone is 2. The minimum absolute atomic E-state index is 0.0197. The van der Waals surface area contributed by atoms with Gasteiger partial charge in [0.2, 0.25) is 5.91 Å². The number of rotatable bonds is 10. The van der Waals surface area contributed by atoms with Crippen LogP contribution in [-0.4, -0.2) is 83.5 Å². The van der Waals surface area contributed by atoms with Gasteiger partial charge in [-0.05, 0) is 50.0 Å². The van der Waals surface area contributed by atoms with Crippen LogP contribution in [0.4, 0.5) is 13.2 Å². The van der Waals surface area contributed by atoms with Crippen LogP contribution in [0.5, 0.6) is 5.75 Å². The molecular formula is C25H33F3N4O5. The summed E-state index contributed by atoms with van der Waals surface area (Å²) in [6.07, 6.45) is -2.58. The van der Waals surface area contributed by atoms with E-state index in [1.54, 1.807) is 4.90 Å². The first-order valence-electron chi connectivity index (χ1n) is 12.2. The number of aliphatic hydroxyl groups is 1. The molecule has 2 amide bonds. The lowest BCUT2D eigenvalue weighted by Crippen LogP contribution is -2.54. The number of ether oxygens (including phenoxy) is 1. The van der Waals surface area contributed by atoms with Crippen LogP contribution in [0.25, 0.3) is 0 Å². The van der Waals surface area contributed by atoms with Gasteiger partial charge >= 0.3 is 6.18 Å². The SMILES string of the molecule is CCOc1ccc(CCCC(C(=O)N2CCN(C3=C(C(F)(F)F)C=CCN3)CC2)[C@H](O)C(=O)NO)cc1. The van der Waals surface area contributed by atoms with Crippen molar-refractivity contribution in [3.05, 3.63) is 53.4 Å². The van der Waals surface area contributed by atoms with Crippen LogP contribution >= 0.6 is 0 Å². The Balaban J connectivity index is 1.63. The number of halogens is 3. The van der Waals surface area contributed by atoms with Crippen LogP contribution in [0, 0.1) is 5.92 Å². The number of nitrogens with one attached hydrogen (secondary N) is 2. The van der Waals surface area contributed by atoms with Gasteiger partial charge in [-0.1, -0.05) is 18.2 Å². The van der Waals surface area contributed by atoms with E-state index in [1.807, 2.05) is 31.2 Å². The van der Waals surface area contributed by atoms with Gasteiger partial charge in [-0.25, -0.2) is 5.48 Å². The molecule has 1 aromatic carbocycles. The fraction of sp³-hybridized carbons (Fsp3) is 0.520. The molecule has 1 aromatic rings. The van der Waals surface area contributed by atoms with Gasteiger partial charge in [0.05, 0.1) is 18.1 Å². The molecule has 2 aliphatic heterocycles. The molecular weight excluding hydrogens is 493 g/mol. The Morgan fingerprint density at radius 2 is 1.84 bits per heavy atom. The molecule has 1 fully saturated rings. The van der Waals surface area contributed by atoms with Gasteiger partial charge in [-0.3, -0.25) is 14.8 Å². The van der Waals surface area contributed by atoms with E-state index >= 15 is 0 Å². The maximum atomic E-state index is 13.4. The number of carbonyl (C=O) groups excluding carboxylic acids is 2. The quantitative estimate of drug-likeness (QED) is 0.272. The summed E-state index contributed by atoms with van der Waals surface area (Å²) in [6.45, 7) is 3.28. The Labute approximate surface area is 213 Å². The molecule has 1 saturated heterocycles. The highest BCUT2D eigenvalue weighted by Gasteiger charge is 2.39. The fourth-order valence-electron chi connectivity index (χ4n) is 4.51. The van der Waals surface area contributed by atoms with Crippen molar-refractivity contribution >= 4 is 11.8 Å². The van der Waals surface area contributed by atoms with Crippen molar-refractivity contribution in [1.82, 2.24) is 20.6 Å². The Hall–Kier alpha value is -3.25. The van der Waals surface area contributed by atoms with Gasteiger partial charge in [0.15, 0.2) is 0 Å². The highest BCUT2D eigenvalue weighted by molar-refractivity contribution is 5.88. The topological polar surface area (TPSA) is 114 Å². The molecule has 0 bridgehead atoms. The monoisotopic (exact) mass is 526 g/mol. The van der Waals surface area contributed by atoms with Gasteiger partial charge < -0.3 is 25.0 Å². The number of benzene rings is 1. The van der Waals surface area contributed by atoms with Crippen LogP contribution in [0.3, 0.4) is 0 Å². The second-order valence-electron chi connectivity index (χ2n) is 8.85. The number of carbonyl (C=O) groups is 2. The van der Waals surface area contributed by atoms with Gasteiger partial charge in [0.1, 0.15) is 17.7 Å². The Morgan fingerprint density at radius 3 is 2.43 bits per heavy atom. The van der Waals surface area contributed by atoms with Crippen LogP contribution in [0.15, 0.2) is 47.8 Å². The van der Waals surface area contributed by atoms with Gasteiger partial charge in [-0.15, -0.1) is 0 Å². The summed E-state index contributed by atoms with van der Waals surface area (Å²) in [6, 6.07) is 7.48. The first kappa shape index (κ1) is 28.3. The zero-order valence-corrected chi connectivity index (χ0v) is 20.6. The molecule has 0 saturated carbocycles. The van der Waals surface area contributed by atoms with Crippen LogP contribution in [0.2, 0.25) is 0 Å². The minimum Gasteiger partial charge on any atom is -0.494 e. The molecule has 9 nitrogen and oxygen atoms in total. The van der Waals surface area contributed by atoms with Gasteiger partial charge in [0, 0.05) is 32.7 Å². The summed E-state index contributed by atoms with van der Waals surface area (Å²) < 4.78 is 45.7. The lowest BCUT2D eigenvalue weighted by atomic mass is 9.92. The number of amides is 2. The average Bonchev–Trinajstić information content (AvgIpc) is 2.90. The van der Waals surface area contributed by atoms with E-state index in [2.05, 4.69) is 5.32 Å². The third-order valence-electron chi connectivity index (χ3n) is 6.43. The number of aliphatic hydroxyl groups excluding tert-OH is 1. The number of hydroxylamine groups is 1. The second kappa shape index (κ2) is 12.8. The average molecular weight is 527 g/mol. The van der Waals surface area contributed by atoms with Crippen molar-refractivity contribution in [2.45, 2.75) is 38.5 Å². The number of aryl methyl sites for hydroxylation is 1. The van der Waals surface area contributed by atoms with E-state index in [4.69, 9.17) is 9.94 Å². The number of alkyl halides is 3. The molecule has 0 aliphatic carbocycles. The largest absolute Gasteiger partial charge is 0.494 e. The maximum Gasteiger partial charge on any atom is 0.419 e. The number of dihydropyridines is 1. The van der Waals surface area contributed by atoms with Crippen molar-refractivity contribution in [3.63, 3.8) is 0 Å². The molecule has 0 aromatic heterocycles. The van der Waals surface area contributed by atoms with E-state index in [0.717, 1.165) is 17.4 Å².